The van der Waals surface area contributed by atoms with Gasteiger partial charge in [0.1, 0.15) is 0 Å². The molecule has 10 heteroatoms. The van der Waals surface area contributed by atoms with E-state index in [0.717, 1.165) is 50.9 Å². The van der Waals surface area contributed by atoms with Crippen LogP contribution in [0.15, 0.2) is 23.1 Å². The highest BCUT2D eigenvalue weighted by molar-refractivity contribution is 7.89. The minimum atomic E-state index is -3.63. The molecule has 0 unspecified atom stereocenters. The fourth-order valence-electron chi connectivity index (χ4n) is 3.82. The zero-order chi connectivity index (χ0) is 21.7. The number of piperidine rings is 1. The SMILES string of the molecule is CC(C)NC(=S)NNC(=O)c1cc(S(=O)(=O)N2CCCCC2)ccc1N1CCCC1. The van der Waals surface area contributed by atoms with Crippen molar-refractivity contribution in [2.45, 2.75) is 56.9 Å². The minimum absolute atomic E-state index is 0.125. The normalized spacial score (nSPS) is 17.8. The zero-order valence-electron chi connectivity index (χ0n) is 17.6. The van der Waals surface area contributed by atoms with Gasteiger partial charge >= 0.3 is 0 Å². The van der Waals surface area contributed by atoms with Gasteiger partial charge in [-0.2, -0.15) is 4.31 Å². The summed E-state index contributed by atoms with van der Waals surface area (Å²) >= 11 is 5.16. The van der Waals surface area contributed by atoms with E-state index in [1.54, 1.807) is 12.1 Å². The summed E-state index contributed by atoms with van der Waals surface area (Å²) in [6.45, 7) is 6.62. The third kappa shape index (κ3) is 5.41. The van der Waals surface area contributed by atoms with Crippen LogP contribution in [0, 0.1) is 0 Å². The van der Waals surface area contributed by atoms with Crippen molar-refractivity contribution in [3.05, 3.63) is 23.8 Å². The van der Waals surface area contributed by atoms with Gasteiger partial charge in [-0.3, -0.25) is 15.6 Å². The first-order chi connectivity index (χ1) is 14.3. The van der Waals surface area contributed by atoms with Crippen LogP contribution < -0.4 is 21.1 Å². The first kappa shape index (κ1) is 22.8. The van der Waals surface area contributed by atoms with Crippen LogP contribution in [0.3, 0.4) is 0 Å². The van der Waals surface area contributed by atoms with Gasteiger partial charge in [0.15, 0.2) is 5.11 Å². The second-order valence-corrected chi connectivity index (χ2v) is 10.4. The Morgan fingerprint density at radius 3 is 2.27 bits per heavy atom. The third-order valence-corrected chi connectivity index (χ3v) is 7.44. The average Bonchev–Trinajstić information content (AvgIpc) is 3.26. The van der Waals surface area contributed by atoms with E-state index in [-0.39, 0.29) is 10.9 Å². The number of hydrazine groups is 1. The van der Waals surface area contributed by atoms with Gasteiger partial charge in [-0.05, 0) is 69.9 Å². The van der Waals surface area contributed by atoms with E-state index in [9.17, 15) is 13.2 Å². The molecule has 0 aliphatic carbocycles. The highest BCUT2D eigenvalue weighted by atomic mass is 32.2. The second-order valence-electron chi connectivity index (χ2n) is 8.05. The number of carbonyl (C=O) groups is 1. The molecular weight excluding hydrogens is 422 g/mol. The summed E-state index contributed by atoms with van der Waals surface area (Å²) in [7, 11) is -3.63. The van der Waals surface area contributed by atoms with E-state index in [4.69, 9.17) is 12.2 Å². The first-order valence-corrected chi connectivity index (χ1v) is 12.4. The lowest BCUT2D eigenvalue weighted by Crippen LogP contribution is -2.48. The van der Waals surface area contributed by atoms with E-state index in [1.165, 1.54) is 10.4 Å². The number of hydrogen-bond acceptors (Lipinski definition) is 5. The molecule has 166 valence electrons. The van der Waals surface area contributed by atoms with Crippen molar-refractivity contribution in [1.82, 2.24) is 20.5 Å². The Morgan fingerprint density at radius 1 is 1.00 bits per heavy atom. The maximum absolute atomic E-state index is 13.1. The Morgan fingerprint density at radius 2 is 1.63 bits per heavy atom. The largest absolute Gasteiger partial charge is 0.371 e. The quantitative estimate of drug-likeness (QED) is 0.464. The Balaban J connectivity index is 1.87. The number of sulfonamides is 1. The molecule has 8 nitrogen and oxygen atoms in total. The molecule has 0 radical (unpaired) electrons. The summed E-state index contributed by atoms with van der Waals surface area (Å²) < 4.78 is 27.7. The van der Waals surface area contributed by atoms with Gasteiger partial charge in [-0.1, -0.05) is 6.42 Å². The third-order valence-electron chi connectivity index (χ3n) is 5.32. The molecule has 0 saturated carbocycles. The van der Waals surface area contributed by atoms with Crippen LogP contribution in [0.1, 0.15) is 56.3 Å². The van der Waals surface area contributed by atoms with Crippen LogP contribution >= 0.6 is 12.2 Å². The summed E-state index contributed by atoms with van der Waals surface area (Å²) in [4.78, 5) is 15.2. The molecule has 0 bridgehead atoms. The second kappa shape index (κ2) is 9.93. The molecular formula is C20H31N5O3S2. The highest BCUT2D eigenvalue weighted by Gasteiger charge is 2.28. The summed E-state index contributed by atoms with van der Waals surface area (Å²) in [6, 6.07) is 4.99. The molecule has 0 atom stereocenters. The maximum Gasteiger partial charge on any atom is 0.271 e. The fraction of sp³-hybridized carbons (Fsp3) is 0.600. The number of carbonyl (C=O) groups excluding carboxylic acids is 1. The van der Waals surface area contributed by atoms with Crippen LogP contribution in [0.25, 0.3) is 0 Å². The summed E-state index contributed by atoms with van der Waals surface area (Å²) in [6.07, 6.45) is 4.87. The number of anilines is 1. The number of nitrogens with zero attached hydrogens (tertiary/aromatic N) is 2. The molecule has 2 aliphatic rings. The minimum Gasteiger partial charge on any atom is -0.371 e. The molecule has 1 amide bonds. The van der Waals surface area contributed by atoms with Gasteiger partial charge in [-0.25, -0.2) is 8.42 Å². The van der Waals surface area contributed by atoms with Crippen molar-refractivity contribution in [1.29, 1.82) is 0 Å². The standard InChI is InChI=1S/C20H31N5O3S2/c1-15(2)21-20(29)23-22-19(26)17-14-16(8-9-18(17)24-10-6-7-11-24)30(27,28)25-12-4-3-5-13-25/h8-9,14-15H,3-7,10-13H2,1-2H3,(H,22,26)(H2,21,23,29). The summed E-state index contributed by atoms with van der Waals surface area (Å²) in [5.41, 5.74) is 6.36. The number of hydrogen-bond donors (Lipinski definition) is 3. The van der Waals surface area contributed by atoms with Crippen molar-refractivity contribution < 1.29 is 13.2 Å². The van der Waals surface area contributed by atoms with E-state index < -0.39 is 15.9 Å². The zero-order valence-corrected chi connectivity index (χ0v) is 19.2. The first-order valence-electron chi connectivity index (χ1n) is 10.5. The van der Waals surface area contributed by atoms with E-state index in [0.29, 0.717) is 23.8 Å². The lowest BCUT2D eigenvalue weighted by atomic mass is 10.1. The van der Waals surface area contributed by atoms with Crippen molar-refractivity contribution >= 4 is 38.9 Å². The number of rotatable bonds is 5. The van der Waals surface area contributed by atoms with E-state index in [2.05, 4.69) is 21.1 Å². The topological polar surface area (TPSA) is 93.8 Å². The van der Waals surface area contributed by atoms with Crippen molar-refractivity contribution in [3.8, 4) is 0 Å². The van der Waals surface area contributed by atoms with Crippen LogP contribution in [0.2, 0.25) is 0 Å². The molecule has 3 N–H and O–H groups in total. The van der Waals surface area contributed by atoms with Crippen molar-refractivity contribution in [3.63, 3.8) is 0 Å². The maximum atomic E-state index is 13.1. The molecule has 2 heterocycles. The lowest BCUT2D eigenvalue weighted by molar-refractivity contribution is 0.0944. The molecule has 2 saturated heterocycles. The van der Waals surface area contributed by atoms with Gasteiger partial charge in [0.2, 0.25) is 10.0 Å². The van der Waals surface area contributed by atoms with E-state index >= 15 is 0 Å². The van der Waals surface area contributed by atoms with E-state index in [1.807, 2.05) is 13.8 Å². The van der Waals surface area contributed by atoms with Crippen molar-refractivity contribution in [2.24, 2.45) is 0 Å². The molecule has 1 aromatic carbocycles. The molecule has 0 aromatic heterocycles. The average molecular weight is 454 g/mol. The Kier molecular flexibility index (Phi) is 7.54. The molecule has 2 aliphatic heterocycles. The molecule has 0 spiro atoms. The number of benzene rings is 1. The molecule has 2 fully saturated rings. The van der Waals surface area contributed by atoms with Crippen LogP contribution in [-0.2, 0) is 10.0 Å². The molecule has 1 aromatic rings. The predicted octanol–water partition coefficient (Wildman–Crippen LogP) is 1.98. The van der Waals surface area contributed by atoms with Crippen LogP contribution in [0.5, 0.6) is 0 Å². The van der Waals surface area contributed by atoms with Gasteiger partial charge in [0, 0.05) is 37.9 Å². The Hall–Kier alpha value is -1.91. The highest BCUT2D eigenvalue weighted by Crippen LogP contribution is 2.29. The Bertz CT molecular complexity index is 876. The smallest absolute Gasteiger partial charge is 0.271 e. The van der Waals surface area contributed by atoms with Crippen LogP contribution in [-0.4, -0.2) is 56.0 Å². The lowest BCUT2D eigenvalue weighted by Gasteiger charge is -2.27. The summed E-state index contributed by atoms with van der Waals surface area (Å²) in [5.74, 6) is -0.416. The van der Waals surface area contributed by atoms with Gasteiger partial charge in [0.25, 0.3) is 5.91 Å². The number of amides is 1. The predicted molar refractivity (Wildman–Crippen MR) is 122 cm³/mol. The van der Waals surface area contributed by atoms with Crippen LogP contribution in [0.4, 0.5) is 5.69 Å². The van der Waals surface area contributed by atoms with Gasteiger partial charge in [-0.15, -0.1) is 0 Å². The molecule has 3 rings (SSSR count). The molecule has 30 heavy (non-hydrogen) atoms. The fourth-order valence-corrected chi connectivity index (χ4v) is 5.66. The van der Waals surface area contributed by atoms with Crippen molar-refractivity contribution in [2.75, 3.05) is 31.1 Å². The van der Waals surface area contributed by atoms with Gasteiger partial charge < -0.3 is 10.2 Å². The number of thiocarbonyl (C=S) groups is 1. The monoisotopic (exact) mass is 453 g/mol. The Labute approximate surface area is 184 Å². The van der Waals surface area contributed by atoms with Gasteiger partial charge in [0.05, 0.1) is 10.5 Å². The summed E-state index contributed by atoms with van der Waals surface area (Å²) in [5, 5.41) is 3.29. The number of nitrogens with one attached hydrogen (secondary N) is 3.